The lowest BCUT2D eigenvalue weighted by Crippen LogP contribution is -2.53. The molecule has 0 saturated carbocycles. The summed E-state index contributed by atoms with van der Waals surface area (Å²) in [6, 6.07) is 0. The quantitative estimate of drug-likeness (QED) is 0.0827. The van der Waals surface area contributed by atoms with Gasteiger partial charge in [-0.25, -0.2) is 0 Å². The zero-order valence-electron chi connectivity index (χ0n) is 10.4. The molecule has 9 N–H and O–H groups in total. The van der Waals surface area contributed by atoms with Crippen LogP contribution in [0.1, 0.15) is 0 Å². The van der Waals surface area contributed by atoms with Crippen LogP contribution in [0.5, 0.6) is 0 Å². The lowest BCUT2D eigenvalue weighted by Gasteiger charge is -2.15. The van der Waals surface area contributed by atoms with E-state index >= 15 is 0 Å². The van der Waals surface area contributed by atoms with Crippen LogP contribution in [0, 0.1) is 34.4 Å². The maximum atomic E-state index is 8.49. The molecule has 0 amide bonds. The van der Waals surface area contributed by atoms with E-state index in [2.05, 4.69) is 36.6 Å². The minimum atomic E-state index is -0.729. The molecule has 0 bridgehead atoms. The van der Waals surface area contributed by atoms with Crippen molar-refractivity contribution in [3.8, 4) is 18.6 Å². The number of nitriles is 3. The smallest absolute Gasteiger partial charge is 0.209 e. The highest BCUT2D eigenvalue weighted by Crippen LogP contribution is 1.69. The number of rotatable bonds is 6. The van der Waals surface area contributed by atoms with Gasteiger partial charge in [0.15, 0.2) is 6.19 Å². The fourth-order valence-corrected chi connectivity index (χ4v) is 0.869. The molecule has 12 heteroatoms. The van der Waals surface area contributed by atoms with Crippen molar-refractivity contribution in [1.29, 1.82) is 15.8 Å². The predicted octanol–water partition coefficient (Wildman–Crippen LogP) is -3.79. The van der Waals surface area contributed by atoms with E-state index in [4.69, 9.17) is 27.3 Å². The monoisotopic (exact) mass is 278 g/mol. The van der Waals surface area contributed by atoms with Crippen molar-refractivity contribution in [2.45, 2.75) is 6.29 Å². The second-order valence-electron chi connectivity index (χ2n) is 2.98. The number of nitrogens with one attached hydrogen (secondary N) is 5. The standard InChI is InChI=1S/C8H14N12/c9-1-14-6(12)17-4-19-8(16-3-11)20-5-18-7(13)15-2-10/h6,14,17H,4-5,12H2,(H3,13,15,18)(H2,16,19,20). The summed E-state index contributed by atoms with van der Waals surface area (Å²) in [7, 11) is 0. The lowest BCUT2D eigenvalue weighted by atomic mass is 10.7. The number of nitrogens with two attached hydrogens (primary N) is 2. The Labute approximate surface area is 115 Å². The third-order valence-electron chi connectivity index (χ3n) is 1.66. The Hall–Kier alpha value is -3.27. The Morgan fingerprint density at radius 1 is 1.05 bits per heavy atom. The molecule has 1 atom stereocenters. The molecular weight excluding hydrogens is 264 g/mol. The van der Waals surface area contributed by atoms with Crippen molar-refractivity contribution in [2.24, 2.45) is 21.5 Å². The fraction of sp³-hybridized carbons (Fsp3) is 0.375. The van der Waals surface area contributed by atoms with E-state index in [1.165, 1.54) is 6.19 Å². The molecule has 0 radical (unpaired) electrons. The van der Waals surface area contributed by atoms with Crippen molar-refractivity contribution in [3.63, 3.8) is 0 Å². The van der Waals surface area contributed by atoms with Gasteiger partial charge in [-0.1, -0.05) is 0 Å². The van der Waals surface area contributed by atoms with Crippen LogP contribution in [-0.2, 0) is 0 Å². The van der Waals surface area contributed by atoms with Gasteiger partial charge < -0.3 is 21.7 Å². The van der Waals surface area contributed by atoms with Crippen molar-refractivity contribution >= 4 is 11.9 Å². The van der Waals surface area contributed by atoms with Crippen molar-refractivity contribution in [1.82, 2.24) is 26.6 Å². The second-order valence-corrected chi connectivity index (χ2v) is 2.98. The van der Waals surface area contributed by atoms with E-state index in [1.54, 1.807) is 12.4 Å². The molecule has 0 aliphatic rings. The van der Waals surface area contributed by atoms with Gasteiger partial charge in [-0.15, -0.1) is 9.98 Å². The number of aliphatic imine (C=N–C) groups is 2. The first-order valence-electron chi connectivity index (χ1n) is 5.18. The topological polar surface area (TPSA) is 208 Å². The van der Waals surface area contributed by atoms with E-state index in [0.717, 1.165) is 0 Å². The average molecular weight is 278 g/mol. The zero-order valence-corrected chi connectivity index (χ0v) is 10.4. The molecule has 0 aromatic carbocycles. The summed E-state index contributed by atoms with van der Waals surface area (Å²) in [5, 5.41) is 37.9. The normalized spacial score (nSPS) is 12.3. The van der Waals surface area contributed by atoms with Crippen LogP contribution in [0.15, 0.2) is 9.98 Å². The summed E-state index contributed by atoms with van der Waals surface area (Å²) in [6.45, 7) is 0.234. The molecule has 0 saturated heterocycles. The van der Waals surface area contributed by atoms with E-state index in [1.807, 2.05) is 0 Å². The van der Waals surface area contributed by atoms with Gasteiger partial charge in [0.05, 0.1) is 13.3 Å². The van der Waals surface area contributed by atoms with Crippen molar-refractivity contribution < 1.29 is 0 Å². The van der Waals surface area contributed by atoms with Crippen LogP contribution in [-0.4, -0.2) is 31.5 Å². The Morgan fingerprint density at radius 3 is 2.30 bits per heavy atom. The second kappa shape index (κ2) is 10.9. The van der Waals surface area contributed by atoms with Gasteiger partial charge >= 0.3 is 0 Å². The summed E-state index contributed by atoms with van der Waals surface area (Å²) < 4.78 is 0. The van der Waals surface area contributed by atoms with E-state index in [-0.39, 0.29) is 25.3 Å². The first kappa shape index (κ1) is 16.7. The molecule has 12 nitrogen and oxygen atoms in total. The van der Waals surface area contributed by atoms with Gasteiger partial charge in [-0.2, -0.15) is 15.8 Å². The first-order chi connectivity index (χ1) is 9.63. The lowest BCUT2D eigenvalue weighted by molar-refractivity contribution is 0.484. The Bertz CT molecular complexity index is 459. The Kier molecular flexibility index (Phi) is 9.08. The molecule has 1 unspecified atom stereocenters. The highest BCUT2D eigenvalue weighted by Gasteiger charge is 2.00. The highest BCUT2D eigenvalue weighted by atomic mass is 15.3. The van der Waals surface area contributed by atoms with Gasteiger partial charge in [-0.3, -0.25) is 16.4 Å². The molecule has 20 heavy (non-hydrogen) atoms. The number of nitrogens with zero attached hydrogens (tertiary/aromatic N) is 5. The summed E-state index contributed by atoms with van der Waals surface area (Å²) in [5.74, 6) is 0.0658. The van der Waals surface area contributed by atoms with E-state index in [0.29, 0.717) is 0 Å². The van der Waals surface area contributed by atoms with Crippen LogP contribution in [0.2, 0.25) is 0 Å². The maximum Gasteiger partial charge on any atom is 0.209 e. The van der Waals surface area contributed by atoms with Crippen molar-refractivity contribution in [3.05, 3.63) is 0 Å². The van der Waals surface area contributed by atoms with Gasteiger partial charge in [0, 0.05) is 0 Å². The molecule has 0 aliphatic carbocycles. The van der Waals surface area contributed by atoms with Crippen LogP contribution < -0.4 is 38.1 Å². The largest absolute Gasteiger partial charge is 0.369 e. The first-order valence-corrected chi connectivity index (χ1v) is 5.18. The number of hydrogen-bond donors (Lipinski definition) is 7. The highest BCUT2D eigenvalue weighted by molar-refractivity contribution is 5.82. The molecule has 0 aromatic rings. The third-order valence-corrected chi connectivity index (χ3v) is 1.66. The number of guanidine groups is 2. The summed E-state index contributed by atoms with van der Waals surface area (Å²) in [6.07, 6.45) is 4.03. The van der Waals surface area contributed by atoms with Crippen LogP contribution in [0.25, 0.3) is 0 Å². The van der Waals surface area contributed by atoms with Gasteiger partial charge in [0.1, 0.15) is 6.29 Å². The predicted molar refractivity (Wildman–Crippen MR) is 69.3 cm³/mol. The molecule has 106 valence electrons. The zero-order chi connectivity index (χ0) is 15.2. The maximum absolute atomic E-state index is 8.49. The Balaban J connectivity index is 4.05. The van der Waals surface area contributed by atoms with Gasteiger partial charge in [-0.05, 0) is 0 Å². The minimum Gasteiger partial charge on any atom is -0.369 e. The van der Waals surface area contributed by atoms with Crippen LogP contribution in [0.4, 0.5) is 0 Å². The summed E-state index contributed by atoms with van der Waals surface area (Å²) in [4.78, 5) is 6.69. The fourth-order valence-electron chi connectivity index (χ4n) is 0.869. The molecule has 0 aliphatic heterocycles. The van der Waals surface area contributed by atoms with Crippen LogP contribution in [0.3, 0.4) is 0 Å². The van der Waals surface area contributed by atoms with E-state index < -0.39 is 6.29 Å². The average Bonchev–Trinajstić information content (AvgIpc) is 2.39. The van der Waals surface area contributed by atoms with Crippen molar-refractivity contribution in [2.75, 3.05) is 13.3 Å². The molecule has 0 rings (SSSR count). The molecule has 0 heterocycles. The SMILES string of the molecule is N#C/N=C(\N)NCN/C(=N/C#N)NCNC(N)NC#N. The van der Waals surface area contributed by atoms with Gasteiger partial charge in [0.25, 0.3) is 0 Å². The summed E-state index contributed by atoms with van der Waals surface area (Å²) in [5.41, 5.74) is 10.7. The molecule has 0 fully saturated rings. The summed E-state index contributed by atoms with van der Waals surface area (Å²) >= 11 is 0. The molecule has 0 aromatic heterocycles. The van der Waals surface area contributed by atoms with Gasteiger partial charge in [0.2, 0.25) is 24.3 Å². The number of hydrogen-bond acceptors (Lipinski definition) is 8. The van der Waals surface area contributed by atoms with E-state index in [9.17, 15) is 0 Å². The Morgan fingerprint density at radius 2 is 1.70 bits per heavy atom. The minimum absolute atomic E-state index is 0.0744. The molecular formula is C8H14N12. The van der Waals surface area contributed by atoms with Crippen LogP contribution >= 0.6 is 0 Å². The third kappa shape index (κ3) is 8.83. The molecule has 0 spiro atoms.